The van der Waals surface area contributed by atoms with E-state index in [2.05, 4.69) is 4.74 Å². The zero-order valence-corrected chi connectivity index (χ0v) is 15.7. The normalized spacial score (nSPS) is 13.0. The van der Waals surface area contributed by atoms with Crippen LogP contribution in [0.3, 0.4) is 0 Å². The largest absolute Gasteiger partial charge is 0.507 e. The van der Waals surface area contributed by atoms with Crippen molar-refractivity contribution in [2.45, 2.75) is 71.4 Å². The number of phenols is 1. The molecule has 0 fully saturated rings. The molecule has 0 saturated carbocycles. The first-order valence-electron chi connectivity index (χ1n) is 8.20. The minimum absolute atomic E-state index is 0.145. The lowest BCUT2D eigenvalue weighted by Crippen LogP contribution is -2.21. The van der Waals surface area contributed by atoms with Gasteiger partial charge in [-0.3, -0.25) is 4.79 Å². The molecule has 1 aromatic rings. The molecule has 0 aliphatic rings. The number of alkyl halides is 3. The Morgan fingerprint density at radius 2 is 1.44 bits per heavy atom. The van der Waals surface area contributed by atoms with E-state index in [0.717, 1.165) is 16.7 Å². The second kappa shape index (κ2) is 7.26. The Morgan fingerprint density at radius 1 is 1.00 bits per heavy atom. The van der Waals surface area contributed by atoms with Crippen molar-refractivity contribution in [2.24, 2.45) is 0 Å². The number of rotatable bonds is 4. The van der Waals surface area contributed by atoms with Crippen molar-refractivity contribution in [3.63, 3.8) is 0 Å². The molecule has 142 valence electrons. The van der Waals surface area contributed by atoms with Crippen LogP contribution in [0.1, 0.15) is 64.7 Å². The minimum Gasteiger partial charge on any atom is -0.507 e. The van der Waals surface area contributed by atoms with Crippen LogP contribution >= 0.6 is 0 Å². The summed E-state index contributed by atoms with van der Waals surface area (Å²) >= 11 is 0. The molecule has 0 atom stereocenters. The molecule has 0 amide bonds. The predicted molar refractivity (Wildman–Crippen MR) is 90.8 cm³/mol. The summed E-state index contributed by atoms with van der Waals surface area (Å²) in [6.07, 6.45) is -4.41. The summed E-state index contributed by atoms with van der Waals surface area (Å²) in [6, 6.07) is 3.61. The van der Waals surface area contributed by atoms with E-state index in [0.29, 0.717) is 0 Å². The number of phenolic OH excluding ortho intramolecular Hbond substituents is 1. The summed E-state index contributed by atoms with van der Waals surface area (Å²) < 4.78 is 40.5. The van der Waals surface area contributed by atoms with Crippen molar-refractivity contribution < 1.29 is 27.8 Å². The Labute approximate surface area is 147 Å². The maximum atomic E-state index is 12.1. The van der Waals surface area contributed by atoms with E-state index in [1.54, 1.807) is 0 Å². The van der Waals surface area contributed by atoms with Gasteiger partial charge in [0.25, 0.3) is 0 Å². The molecule has 0 spiro atoms. The molecule has 25 heavy (non-hydrogen) atoms. The Morgan fingerprint density at radius 3 is 1.80 bits per heavy atom. The fourth-order valence-electron chi connectivity index (χ4n) is 2.46. The van der Waals surface area contributed by atoms with E-state index in [1.165, 1.54) is 0 Å². The van der Waals surface area contributed by atoms with Crippen molar-refractivity contribution in [2.75, 3.05) is 6.61 Å². The van der Waals surface area contributed by atoms with Gasteiger partial charge >= 0.3 is 12.1 Å². The number of hydrogen-bond acceptors (Lipinski definition) is 3. The number of halogens is 3. The molecule has 6 heteroatoms. The quantitative estimate of drug-likeness (QED) is 0.767. The second-order valence-corrected chi connectivity index (χ2v) is 8.32. The zero-order valence-electron chi connectivity index (χ0n) is 15.7. The van der Waals surface area contributed by atoms with Gasteiger partial charge in [-0.25, -0.2) is 0 Å². The van der Waals surface area contributed by atoms with Crippen molar-refractivity contribution in [1.29, 1.82) is 0 Å². The molecule has 3 nitrogen and oxygen atoms in total. The van der Waals surface area contributed by atoms with Crippen LogP contribution in [0, 0.1) is 0 Å². The Bertz CT molecular complexity index is 585. The maximum absolute atomic E-state index is 12.1. The summed E-state index contributed by atoms with van der Waals surface area (Å²) in [5.41, 5.74) is 1.67. The van der Waals surface area contributed by atoms with Crippen molar-refractivity contribution in [1.82, 2.24) is 0 Å². The maximum Gasteiger partial charge on any atom is 0.422 e. The van der Waals surface area contributed by atoms with Gasteiger partial charge in [-0.2, -0.15) is 13.2 Å². The van der Waals surface area contributed by atoms with Crippen molar-refractivity contribution in [3.05, 3.63) is 28.8 Å². The van der Waals surface area contributed by atoms with Gasteiger partial charge in [0.1, 0.15) is 5.75 Å². The lowest BCUT2D eigenvalue weighted by atomic mass is 9.78. The molecule has 0 aromatic heterocycles. The SMILES string of the molecule is CC(C)(C)c1cc(CCC(=O)OCC(F)(F)F)cc(C(C)(C)C)c1O. The second-order valence-electron chi connectivity index (χ2n) is 8.32. The van der Waals surface area contributed by atoms with Gasteiger partial charge in [0.15, 0.2) is 6.61 Å². The third-order valence-electron chi connectivity index (χ3n) is 3.80. The number of benzene rings is 1. The third kappa shape index (κ3) is 6.59. The van der Waals surface area contributed by atoms with Gasteiger partial charge in [-0.15, -0.1) is 0 Å². The molecule has 1 N–H and O–H groups in total. The molecule has 0 unspecified atom stereocenters. The first kappa shape index (κ1) is 21.3. The van der Waals surface area contributed by atoms with Crippen LogP contribution in [0.5, 0.6) is 5.75 Å². The van der Waals surface area contributed by atoms with Gasteiger partial charge in [-0.1, -0.05) is 53.7 Å². The lowest BCUT2D eigenvalue weighted by molar-refractivity contribution is -0.186. The van der Waals surface area contributed by atoms with Crippen LogP contribution in [-0.4, -0.2) is 23.9 Å². The molecule has 0 radical (unpaired) electrons. The number of carbonyl (C=O) groups excluding carboxylic acids is 1. The predicted octanol–water partition coefficient (Wildman–Crippen LogP) is 5.03. The lowest BCUT2D eigenvalue weighted by Gasteiger charge is -2.28. The molecule has 1 rings (SSSR count). The highest BCUT2D eigenvalue weighted by Crippen LogP contribution is 2.40. The summed E-state index contributed by atoms with van der Waals surface area (Å²) in [5.74, 6) is -0.664. The fourth-order valence-corrected chi connectivity index (χ4v) is 2.46. The van der Waals surface area contributed by atoms with E-state index in [4.69, 9.17) is 0 Å². The first-order chi connectivity index (χ1) is 11.1. The Balaban J connectivity index is 3.02. The molecule has 0 saturated heterocycles. The van der Waals surface area contributed by atoms with E-state index in [-0.39, 0.29) is 29.4 Å². The fraction of sp³-hybridized carbons (Fsp3) is 0.632. The zero-order chi connectivity index (χ0) is 19.6. The highest BCUT2D eigenvalue weighted by atomic mass is 19.4. The number of ether oxygens (including phenoxy) is 1. The number of carbonyl (C=O) groups is 1. The summed E-state index contributed by atoms with van der Waals surface area (Å²) in [7, 11) is 0. The summed E-state index contributed by atoms with van der Waals surface area (Å²) in [5, 5.41) is 10.6. The molecule has 0 aliphatic heterocycles. The van der Waals surface area contributed by atoms with Crippen LogP contribution in [0.25, 0.3) is 0 Å². The highest BCUT2D eigenvalue weighted by molar-refractivity contribution is 5.69. The van der Waals surface area contributed by atoms with E-state index in [9.17, 15) is 23.1 Å². The highest BCUT2D eigenvalue weighted by Gasteiger charge is 2.30. The Hall–Kier alpha value is -1.72. The standard InChI is InChI=1S/C19H27F3O3/c1-17(2,3)13-9-12(10-14(16(13)24)18(4,5)6)7-8-15(23)25-11-19(20,21)22/h9-10,24H,7-8,11H2,1-6H3. The van der Waals surface area contributed by atoms with Crippen LogP contribution in [-0.2, 0) is 26.8 Å². The molecule has 0 heterocycles. The number of esters is 1. The van der Waals surface area contributed by atoms with Gasteiger partial charge in [0.05, 0.1) is 0 Å². The van der Waals surface area contributed by atoms with E-state index >= 15 is 0 Å². The molecule has 1 aromatic carbocycles. The molecular formula is C19H27F3O3. The molecule has 0 aliphatic carbocycles. The number of aryl methyl sites for hydroxylation is 1. The molecular weight excluding hydrogens is 333 g/mol. The van der Waals surface area contributed by atoms with Crippen LogP contribution in [0.4, 0.5) is 13.2 Å². The number of aromatic hydroxyl groups is 1. The monoisotopic (exact) mass is 360 g/mol. The topological polar surface area (TPSA) is 46.5 Å². The Kier molecular flexibility index (Phi) is 6.19. The number of hydrogen-bond donors (Lipinski definition) is 1. The molecule has 0 bridgehead atoms. The van der Waals surface area contributed by atoms with Crippen LogP contribution in [0.2, 0.25) is 0 Å². The van der Waals surface area contributed by atoms with Gasteiger partial charge in [0.2, 0.25) is 0 Å². The van der Waals surface area contributed by atoms with Crippen molar-refractivity contribution >= 4 is 5.97 Å². The smallest absolute Gasteiger partial charge is 0.422 e. The first-order valence-corrected chi connectivity index (χ1v) is 8.20. The van der Waals surface area contributed by atoms with Crippen LogP contribution < -0.4 is 0 Å². The van der Waals surface area contributed by atoms with Crippen LogP contribution in [0.15, 0.2) is 12.1 Å². The van der Waals surface area contributed by atoms with E-state index in [1.807, 2.05) is 53.7 Å². The summed E-state index contributed by atoms with van der Waals surface area (Å²) in [4.78, 5) is 11.5. The van der Waals surface area contributed by atoms with Gasteiger partial charge < -0.3 is 9.84 Å². The third-order valence-corrected chi connectivity index (χ3v) is 3.80. The average Bonchev–Trinajstić information content (AvgIpc) is 2.40. The van der Waals surface area contributed by atoms with Gasteiger partial charge in [0, 0.05) is 6.42 Å². The average molecular weight is 360 g/mol. The van der Waals surface area contributed by atoms with E-state index < -0.39 is 18.8 Å². The van der Waals surface area contributed by atoms with Crippen molar-refractivity contribution in [3.8, 4) is 5.75 Å². The summed E-state index contributed by atoms with van der Waals surface area (Å²) in [6.45, 7) is 10.2. The minimum atomic E-state index is -4.52. The van der Waals surface area contributed by atoms with Gasteiger partial charge in [-0.05, 0) is 33.9 Å².